The van der Waals surface area contributed by atoms with E-state index in [2.05, 4.69) is 30.1 Å². The van der Waals surface area contributed by atoms with Crippen molar-refractivity contribution in [1.82, 2.24) is 10.2 Å². The summed E-state index contributed by atoms with van der Waals surface area (Å²) in [4.78, 5) is 2.78. The lowest BCUT2D eigenvalue weighted by atomic mass is 9.94. The monoisotopic (exact) mass is 276 g/mol. The molecule has 1 aromatic rings. The van der Waals surface area contributed by atoms with E-state index in [1.54, 1.807) is 6.26 Å². The molecule has 0 spiro atoms. The summed E-state index contributed by atoms with van der Waals surface area (Å²) in [5.74, 6) is 1.13. The quantitative estimate of drug-likeness (QED) is 0.865. The predicted molar refractivity (Wildman–Crippen MR) is 81.8 cm³/mol. The Kier molecular flexibility index (Phi) is 4.47. The molecule has 3 heterocycles. The molecule has 2 fully saturated rings. The molecule has 0 radical (unpaired) electrons. The molecule has 0 aromatic carbocycles. The summed E-state index contributed by atoms with van der Waals surface area (Å²) >= 11 is 0. The minimum Gasteiger partial charge on any atom is -0.469 e. The summed E-state index contributed by atoms with van der Waals surface area (Å²) in [6, 6.07) is 7.03. The Morgan fingerprint density at radius 2 is 2.10 bits per heavy atom. The normalized spacial score (nSPS) is 31.6. The Labute approximate surface area is 122 Å². The molecule has 3 unspecified atom stereocenters. The molecule has 1 N–H and O–H groups in total. The Balaban J connectivity index is 1.59. The lowest BCUT2D eigenvalue weighted by Gasteiger charge is -2.42. The highest BCUT2D eigenvalue weighted by molar-refractivity contribution is 5.04. The molecule has 3 nitrogen and oxygen atoms in total. The van der Waals surface area contributed by atoms with Crippen LogP contribution in [0.15, 0.2) is 22.8 Å². The fraction of sp³-hybridized carbons (Fsp3) is 0.765. The minimum atomic E-state index is 0.603. The van der Waals surface area contributed by atoms with Crippen LogP contribution in [-0.4, -0.2) is 35.6 Å². The van der Waals surface area contributed by atoms with Crippen LogP contribution in [0.5, 0.6) is 0 Å². The third kappa shape index (κ3) is 2.94. The molecule has 2 aliphatic heterocycles. The van der Waals surface area contributed by atoms with E-state index < -0.39 is 0 Å². The van der Waals surface area contributed by atoms with Gasteiger partial charge in [-0.15, -0.1) is 0 Å². The van der Waals surface area contributed by atoms with Crippen LogP contribution < -0.4 is 5.32 Å². The zero-order chi connectivity index (χ0) is 13.9. The standard InChI is InChI=1S/C17H28N2O/c1-3-8-18-14-11-15-6-7-16(12-14)19(15)13(2)10-17-5-4-9-20-17/h4-5,9,13-16,18H,3,6-8,10-12H2,1-2H3. The smallest absolute Gasteiger partial charge is 0.105 e. The second-order valence-electron chi connectivity index (χ2n) is 6.59. The van der Waals surface area contributed by atoms with E-state index in [1.807, 2.05) is 6.07 Å². The van der Waals surface area contributed by atoms with Crippen LogP contribution in [0.1, 0.15) is 51.7 Å². The van der Waals surface area contributed by atoms with Crippen LogP contribution >= 0.6 is 0 Å². The van der Waals surface area contributed by atoms with Crippen molar-refractivity contribution >= 4 is 0 Å². The van der Waals surface area contributed by atoms with Crippen molar-refractivity contribution in [3.8, 4) is 0 Å². The lowest BCUT2D eigenvalue weighted by Crippen LogP contribution is -2.52. The van der Waals surface area contributed by atoms with Gasteiger partial charge in [-0.05, 0) is 57.7 Å². The molecule has 112 valence electrons. The second kappa shape index (κ2) is 6.31. The number of nitrogens with one attached hydrogen (secondary N) is 1. The molecule has 20 heavy (non-hydrogen) atoms. The first-order valence-electron chi connectivity index (χ1n) is 8.31. The fourth-order valence-electron chi connectivity index (χ4n) is 4.27. The van der Waals surface area contributed by atoms with Crippen molar-refractivity contribution in [2.75, 3.05) is 6.54 Å². The number of piperidine rings is 1. The van der Waals surface area contributed by atoms with E-state index in [9.17, 15) is 0 Å². The number of rotatable bonds is 6. The fourth-order valence-corrected chi connectivity index (χ4v) is 4.27. The molecule has 0 saturated carbocycles. The molecule has 0 aliphatic carbocycles. The Bertz CT molecular complexity index is 389. The van der Waals surface area contributed by atoms with Crippen molar-refractivity contribution in [3.05, 3.63) is 24.2 Å². The Hall–Kier alpha value is -0.800. The maximum Gasteiger partial charge on any atom is 0.105 e. The van der Waals surface area contributed by atoms with E-state index in [0.29, 0.717) is 6.04 Å². The first-order valence-corrected chi connectivity index (χ1v) is 8.31. The van der Waals surface area contributed by atoms with Gasteiger partial charge in [-0.25, -0.2) is 0 Å². The minimum absolute atomic E-state index is 0.603. The molecular weight excluding hydrogens is 248 g/mol. The largest absolute Gasteiger partial charge is 0.469 e. The van der Waals surface area contributed by atoms with Gasteiger partial charge in [-0.2, -0.15) is 0 Å². The van der Waals surface area contributed by atoms with Gasteiger partial charge in [-0.1, -0.05) is 6.92 Å². The zero-order valence-corrected chi connectivity index (χ0v) is 12.8. The van der Waals surface area contributed by atoms with Crippen LogP contribution in [0.2, 0.25) is 0 Å². The van der Waals surface area contributed by atoms with Gasteiger partial charge in [0.1, 0.15) is 5.76 Å². The van der Waals surface area contributed by atoms with Crippen LogP contribution in [-0.2, 0) is 6.42 Å². The van der Waals surface area contributed by atoms with Gasteiger partial charge in [0.25, 0.3) is 0 Å². The van der Waals surface area contributed by atoms with Gasteiger partial charge in [-0.3, -0.25) is 4.90 Å². The number of fused-ring (bicyclic) bond motifs is 2. The maximum atomic E-state index is 5.52. The molecule has 1 aromatic heterocycles. The van der Waals surface area contributed by atoms with Crippen molar-refractivity contribution in [3.63, 3.8) is 0 Å². The summed E-state index contributed by atoms with van der Waals surface area (Å²) < 4.78 is 5.52. The first kappa shape index (κ1) is 14.2. The number of hydrogen-bond acceptors (Lipinski definition) is 3. The van der Waals surface area contributed by atoms with E-state index in [0.717, 1.165) is 30.3 Å². The van der Waals surface area contributed by atoms with Crippen LogP contribution in [0.3, 0.4) is 0 Å². The highest BCUT2D eigenvalue weighted by Gasteiger charge is 2.42. The molecule has 2 saturated heterocycles. The highest BCUT2D eigenvalue weighted by atomic mass is 16.3. The van der Waals surface area contributed by atoms with E-state index >= 15 is 0 Å². The van der Waals surface area contributed by atoms with E-state index in [4.69, 9.17) is 4.42 Å². The van der Waals surface area contributed by atoms with E-state index in [1.165, 1.54) is 38.6 Å². The van der Waals surface area contributed by atoms with Crippen LogP contribution in [0.25, 0.3) is 0 Å². The summed E-state index contributed by atoms with van der Waals surface area (Å²) in [5.41, 5.74) is 0. The summed E-state index contributed by atoms with van der Waals surface area (Å²) in [7, 11) is 0. The molecule has 3 heteroatoms. The summed E-state index contributed by atoms with van der Waals surface area (Å²) in [6.45, 7) is 5.79. The molecular formula is C17H28N2O. The maximum absolute atomic E-state index is 5.52. The van der Waals surface area contributed by atoms with Gasteiger partial charge in [0.2, 0.25) is 0 Å². The zero-order valence-electron chi connectivity index (χ0n) is 12.8. The summed E-state index contributed by atoms with van der Waals surface area (Å²) in [5, 5.41) is 3.73. The lowest BCUT2D eigenvalue weighted by molar-refractivity contribution is 0.0751. The average Bonchev–Trinajstić information content (AvgIpc) is 3.03. The second-order valence-corrected chi connectivity index (χ2v) is 6.59. The van der Waals surface area contributed by atoms with Gasteiger partial charge < -0.3 is 9.73 Å². The molecule has 3 atom stereocenters. The number of furan rings is 1. The third-order valence-electron chi connectivity index (χ3n) is 5.06. The average molecular weight is 276 g/mol. The SMILES string of the molecule is CCCNC1CC2CCC(C1)N2C(C)Cc1ccco1. The highest BCUT2D eigenvalue weighted by Crippen LogP contribution is 2.37. The molecule has 2 aliphatic rings. The van der Waals surface area contributed by atoms with Gasteiger partial charge >= 0.3 is 0 Å². The number of hydrogen-bond donors (Lipinski definition) is 1. The number of nitrogens with zero attached hydrogens (tertiary/aromatic N) is 1. The Morgan fingerprint density at radius 3 is 2.70 bits per heavy atom. The molecule has 2 bridgehead atoms. The van der Waals surface area contributed by atoms with Crippen LogP contribution in [0, 0.1) is 0 Å². The molecule has 0 amide bonds. The van der Waals surface area contributed by atoms with Gasteiger partial charge in [0.05, 0.1) is 6.26 Å². The van der Waals surface area contributed by atoms with Crippen molar-refractivity contribution < 1.29 is 4.42 Å². The van der Waals surface area contributed by atoms with Crippen molar-refractivity contribution in [2.24, 2.45) is 0 Å². The van der Waals surface area contributed by atoms with Gasteiger partial charge in [0, 0.05) is 30.6 Å². The predicted octanol–water partition coefficient (Wildman–Crippen LogP) is 3.21. The van der Waals surface area contributed by atoms with Gasteiger partial charge in [0.15, 0.2) is 0 Å². The topological polar surface area (TPSA) is 28.4 Å². The van der Waals surface area contributed by atoms with Crippen LogP contribution in [0.4, 0.5) is 0 Å². The summed E-state index contributed by atoms with van der Waals surface area (Å²) in [6.07, 6.45) is 9.52. The van der Waals surface area contributed by atoms with Crippen molar-refractivity contribution in [1.29, 1.82) is 0 Å². The van der Waals surface area contributed by atoms with E-state index in [-0.39, 0.29) is 0 Å². The molecule has 3 rings (SSSR count). The van der Waals surface area contributed by atoms with Crippen molar-refractivity contribution in [2.45, 2.75) is 76.5 Å². The first-order chi connectivity index (χ1) is 9.78. The third-order valence-corrected chi connectivity index (χ3v) is 5.06. The Morgan fingerprint density at radius 1 is 1.35 bits per heavy atom.